The highest BCUT2D eigenvalue weighted by molar-refractivity contribution is 7.08. The van der Waals surface area contributed by atoms with Gasteiger partial charge in [0.05, 0.1) is 6.07 Å². The lowest BCUT2D eigenvalue weighted by molar-refractivity contribution is -0.120. The van der Waals surface area contributed by atoms with Gasteiger partial charge in [-0.3, -0.25) is 9.59 Å². The standard InChI is InChI=1S/C17H14FNO2S/c1-11(12-2-4-14(18)5-3-12)8-16(20)15(9-19)17(21)13-6-7-22-10-13/h2-7,10-11,15H,8H2,1H3/t11-,15-/m0/s1. The maximum atomic E-state index is 12.9. The van der Waals surface area contributed by atoms with Crippen LogP contribution < -0.4 is 0 Å². The Kier molecular flexibility index (Phi) is 5.18. The fourth-order valence-corrected chi connectivity index (χ4v) is 2.82. The van der Waals surface area contributed by atoms with Gasteiger partial charge < -0.3 is 0 Å². The molecule has 2 atom stereocenters. The number of hydrogen-bond donors (Lipinski definition) is 0. The lowest BCUT2D eigenvalue weighted by Gasteiger charge is -2.13. The van der Waals surface area contributed by atoms with E-state index in [2.05, 4.69) is 0 Å². The Balaban J connectivity index is 2.08. The zero-order chi connectivity index (χ0) is 16.1. The van der Waals surface area contributed by atoms with Gasteiger partial charge in [-0.2, -0.15) is 16.6 Å². The van der Waals surface area contributed by atoms with Gasteiger partial charge in [-0.05, 0) is 35.1 Å². The number of halogens is 1. The molecule has 2 aromatic rings. The number of nitrogens with zero attached hydrogens (tertiary/aromatic N) is 1. The molecule has 22 heavy (non-hydrogen) atoms. The van der Waals surface area contributed by atoms with Crippen LogP contribution in [0.15, 0.2) is 41.1 Å². The van der Waals surface area contributed by atoms with Gasteiger partial charge in [0.25, 0.3) is 0 Å². The van der Waals surface area contributed by atoms with Gasteiger partial charge in [-0.25, -0.2) is 4.39 Å². The fourth-order valence-electron chi connectivity index (χ4n) is 2.18. The molecule has 0 saturated heterocycles. The molecule has 0 aliphatic rings. The maximum absolute atomic E-state index is 12.9. The highest BCUT2D eigenvalue weighted by Gasteiger charge is 2.28. The molecule has 0 unspecified atom stereocenters. The van der Waals surface area contributed by atoms with E-state index in [4.69, 9.17) is 5.26 Å². The Morgan fingerprint density at radius 2 is 1.95 bits per heavy atom. The molecular weight excluding hydrogens is 301 g/mol. The second-order valence-corrected chi connectivity index (χ2v) is 5.84. The van der Waals surface area contributed by atoms with Crippen molar-refractivity contribution < 1.29 is 14.0 Å². The van der Waals surface area contributed by atoms with E-state index >= 15 is 0 Å². The quantitative estimate of drug-likeness (QED) is 0.598. The summed E-state index contributed by atoms with van der Waals surface area (Å²) in [6.45, 7) is 1.81. The minimum atomic E-state index is -1.28. The number of carbonyl (C=O) groups is 2. The molecule has 1 aromatic heterocycles. The van der Waals surface area contributed by atoms with E-state index < -0.39 is 17.5 Å². The highest BCUT2D eigenvalue weighted by atomic mass is 32.1. The van der Waals surface area contributed by atoms with Crippen LogP contribution in [-0.4, -0.2) is 11.6 Å². The molecule has 0 aliphatic carbocycles. The number of carbonyl (C=O) groups excluding carboxylic acids is 2. The minimum absolute atomic E-state index is 0.0692. The molecule has 0 N–H and O–H groups in total. The molecule has 0 fully saturated rings. The summed E-state index contributed by atoms with van der Waals surface area (Å²) < 4.78 is 12.9. The first-order chi connectivity index (χ1) is 10.5. The summed E-state index contributed by atoms with van der Waals surface area (Å²) in [5, 5.41) is 12.5. The Morgan fingerprint density at radius 3 is 2.50 bits per heavy atom. The summed E-state index contributed by atoms with van der Waals surface area (Å²) in [6, 6.07) is 9.28. The van der Waals surface area contributed by atoms with E-state index in [-0.39, 0.29) is 18.2 Å². The van der Waals surface area contributed by atoms with Crippen LogP contribution in [0.1, 0.15) is 35.2 Å². The molecule has 0 bridgehead atoms. The largest absolute Gasteiger partial charge is 0.298 e. The van der Waals surface area contributed by atoms with Gasteiger partial charge in [0.1, 0.15) is 5.82 Å². The molecule has 1 aromatic carbocycles. The third-order valence-corrected chi connectivity index (χ3v) is 4.15. The van der Waals surface area contributed by atoms with E-state index in [0.29, 0.717) is 5.56 Å². The van der Waals surface area contributed by atoms with Gasteiger partial charge >= 0.3 is 0 Å². The molecule has 0 spiro atoms. The Hall–Kier alpha value is -2.32. The van der Waals surface area contributed by atoms with Crippen molar-refractivity contribution in [3.63, 3.8) is 0 Å². The van der Waals surface area contributed by atoms with E-state index in [1.807, 2.05) is 6.92 Å². The summed E-state index contributed by atoms with van der Waals surface area (Å²) in [5.74, 6) is -2.67. The molecular formula is C17H14FNO2S. The van der Waals surface area contributed by atoms with Crippen LogP contribution >= 0.6 is 11.3 Å². The molecule has 0 radical (unpaired) electrons. The zero-order valence-corrected chi connectivity index (χ0v) is 12.8. The second kappa shape index (κ2) is 7.10. The Morgan fingerprint density at radius 1 is 1.27 bits per heavy atom. The number of thiophene rings is 1. The van der Waals surface area contributed by atoms with Crippen molar-refractivity contribution in [2.75, 3.05) is 0 Å². The number of nitriles is 1. The number of benzene rings is 1. The van der Waals surface area contributed by atoms with Gasteiger partial charge in [-0.15, -0.1) is 0 Å². The van der Waals surface area contributed by atoms with E-state index in [1.54, 1.807) is 35.0 Å². The number of rotatable bonds is 6. The third-order valence-electron chi connectivity index (χ3n) is 3.47. The van der Waals surface area contributed by atoms with Crippen molar-refractivity contribution in [2.24, 2.45) is 5.92 Å². The maximum Gasteiger partial charge on any atom is 0.188 e. The molecule has 3 nitrogen and oxygen atoms in total. The third kappa shape index (κ3) is 3.66. The van der Waals surface area contributed by atoms with Crippen molar-refractivity contribution in [1.29, 1.82) is 5.26 Å². The minimum Gasteiger partial charge on any atom is -0.298 e. The topological polar surface area (TPSA) is 57.9 Å². The van der Waals surface area contributed by atoms with Crippen LogP contribution in [0.3, 0.4) is 0 Å². The molecule has 5 heteroatoms. The molecule has 0 amide bonds. The SMILES string of the molecule is C[C@@H](CC(=O)[C@H](C#N)C(=O)c1ccsc1)c1ccc(F)cc1. The molecule has 112 valence electrons. The van der Waals surface area contributed by atoms with Crippen molar-refractivity contribution in [1.82, 2.24) is 0 Å². The van der Waals surface area contributed by atoms with Crippen molar-refractivity contribution in [3.8, 4) is 6.07 Å². The van der Waals surface area contributed by atoms with Crippen LogP contribution in [-0.2, 0) is 4.79 Å². The first kappa shape index (κ1) is 16.1. The van der Waals surface area contributed by atoms with E-state index in [9.17, 15) is 14.0 Å². The first-order valence-electron chi connectivity index (χ1n) is 6.77. The second-order valence-electron chi connectivity index (χ2n) is 5.06. The van der Waals surface area contributed by atoms with E-state index in [1.165, 1.54) is 23.5 Å². The van der Waals surface area contributed by atoms with Crippen molar-refractivity contribution in [3.05, 3.63) is 58.0 Å². The molecule has 0 saturated carbocycles. The average Bonchev–Trinajstić information content (AvgIpc) is 3.02. The predicted molar refractivity (Wildman–Crippen MR) is 82.2 cm³/mol. The van der Waals surface area contributed by atoms with Gasteiger partial charge in [0.2, 0.25) is 0 Å². The van der Waals surface area contributed by atoms with Gasteiger partial charge in [-0.1, -0.05) is 19.1 Å². The Labute approximate surface area is 132 Å². The summed E-state index contributed by atoms with van der Waals surface area (Å²) in [5.41, 5.74) is 1.19. The molecule has 0 aliphatic heterocycles. The fraction of sp³-hybridized carbons (Fsp3) is 0.235. The summed E-state index contributed by atoms with van der Waals surface area (Å²) in [7, 11) is 0. The van der Waals surface area contributed by atoms with Crippen molar-refractivity contribution in [2.45, 2.75) is 19.3 Å². The first-order valence-corrected chi connectivity index (χ1v) is 7.71. The Bertz CT molecular complexity index is 701. The summed E-state index contributed by atoms with van der Waals surface area (Å²) >= 11 is 1.34. The smallest absolute Gasteiger partial charge is 0.188 e. The lowest BCUT2D eigenvalue weighted by Crippen LogP contribution is -2.23. The summed E-state index contributed by atoms with van der Waals surface area (Å²) in [4.78, 5) is 24.4. The van der Waals surface area contributed by atoms with Crippen LogP contribution in [0.25, 0.3) is 0 Å². The monoisotopic (exact) mass is 315 g/mol. The van der Waals surface area contributed by atoms with Crippen LogP contribution in [0.5, 0.6) is 0 Å². The van der Waals surface area contributed by atoms with E-state index in [0.717, 1.165) is 5.56 Å². The molecule has 2 rings (SSSR count). The van der Waals surface area contributed by atoms with Crippen molar-refractivity contribution >= 4 is 22.9 Å². The molecule has 1 heterocycles. The number of ketones is 2. The average molecular weight is 315 g/mol. The normalized spacial score (nSPS) is 13.1. The number of hydrogen-bond acceptors (Lipinski definition) is 4. The van der Waals surface area contributed by atoms with Crippen LogP contribution in [0, 0.1) is 23.1 Å². The van der Waals surface area contributed by atoms with Gasteiger partial charge in [0, 0.05) is 17.4 Å². The summed E-state index contributed by atoms with van der Waals surface area (Å²) in [6.07, 6.45) is 0.0692. The highest BCUT2D eigenvalue weighted by Crippen LogP contribution is 2.23. The predicted octanol–water partition coefficient (Wildman–Crippen LogP) is 3.97. The van der Waals surface area contributed by atoms with Gasteiger partial charge in [0.15, 0.2) is 17.5 Å². The van der Waals surface area contributed by atoms with Crippen LogP contribution in [0.2, 0.25) is 0 Å². The zero-order valence-electron chi connectivity index (χ0n) is 12.0. The van der Waals surface area contributed by atoms with Crippen LogP contribution in [0.4, 0.5) is 4.39 Å². The lowest BCUT2D eigenvalue weighted by atomic mass is 9.88. The number of Topliss-reactive ketones (excluding diaryl/α,β-unsaturated/α-hetero) is 2.